The fraction of sp³-hybridized carbons (Fsp3) is 0.929. The van der Waals surface area contributed by atoms with Gasteiger partial charge in [0.05, 0.1) is 6.54 Å². The highest BCUT2D eigenvalue weighted by Crippen LogP contribution is 2.29. The molecule has 0 aromatic carbocycles. The van der Waals surface area contributed by atoms with Gasteiger partial charge in [-0.1, -0.05) is 33.6 Å². The predicted molar refractivity (Wildman–Crippen MR) is 75.5 cm³/mol. The highest BCUT2D eigenvalue weighted by atomic mass is 15.5. The zero-order valence-corrected chi connectivity index (χ0v) is 12.5. The van der Waals surface area contributed by atoms with E-state index in [0.29, 0.717) is 5.92 Å². The summed E-state index contributed by atoms with van der Waals surface area (Å²) < 4.78 is 1.99. The van der Waals surface area contributed by atoms with Gasteiger partial charge in [-0.2, -0.15) is 0 Å². The summed E-state index contributed by atoms with van der Waals surface area (Å²) in [6, 6.07) is 0. The van der Waals surface area contributed by atoms with Crippen LogP contribution in [-0.2, 0) is 13.1 Å². The summed E-state index contributed by atoms with van der Waals surface area (Å²) in [5.41, 5.74) is 0. The van der Waals surface area contributed by atoms with Crippen LogP contribution in [0.25, 0.3) is 0 Å². The fourth-order valence-corrected chi connectivity index (χ4v) is 2.72. The number of aromatic nitrogens is 4. The molecular formula is C14H27N5. The van der Waals surface area contributed by atoms with Gasteiger partial charge in [-0.3, -0.25) is 0 Å². The lowest BCUT2D eigenvalue weighted by Gasteiger charge is -2.26. The van der Waals surface area contributed by atoms with E-state index in [2.05, 4.69) is 41.6 Å². The van der Waals surface area contributed by atoms with Crippen molar-refractivity contribution in [1.82, 2.24) is 25.5 Å². The van der Waals surface area contributed by atoms with Crippen molar-refractivity contribution >= 4 is 0 Å². The Hall–Kier alpha value is -0.970. The molecule has 1 aromatic rings. The second-order valence-electron chi connectivity index (χ2n) is 6.43. The maximum Gasteiger partial charge on any atom is 0.165 e. The van der Waals surface area contributed by atoms with E-state index >= 15 is 0 Å². The summed E-state index contributed by atoms with van der Waals surface area (Å²) in [4.78, 5) is 0. The molecule has 19 heavy (non-hydrogen) atoms. The van der Waals surface area contributed by atoms with E-state index in [1.54, 1.807) is 0 Å². The highest BCUT2D eigenvalue weighted by Gasteiger charge is 2.20. The summed E-state index contributed by atoms with van der Waals surface area (Å²) in [6.07, 6.45) is 5.35. The first-order chi connectivity index (χ1) is 9.15. The lowest BCUT2D eigenvalue weighted by atomic mass is 9.83. The zero-order valence-electron chi connectivity index (χ0n) is 12.5. The van der Waals surface area contributed by atoms with Gasteiger partial charge in [0.25, 0.3) is 0 Å². The van der Waals surface area contributed by atoms with Crippen molar-refractivity contribution in [3.8, 4) is 0 Å². The standard InChI is InChI=1S/C14H27N5/c1-11(2)8-15-9-14-16-17-18-19(14)10-13-6-4-12(3)5-7-13/h11-13,15H,4-10H2,1-3H3. The Balaban J connectivity index is 1.81. The van der Waals surface area contributed by atoms with Crippen LogP contribution in [0.5, 0.6) is 0 Å². The van der Waals surface area contributed by atoms with Crippen LogP contribution in [0.15, 0.2) is 0 Å². The van der Waals surface area contributed by atoms with E-state index in [-0.39, 0.29) is 0 Å². The van der Waals surface area contributed by atoms with Crippen LogP contribution in [0, 0.1) is 17.8 Å². The van der Waals surface area contributed by atoms with Gasteiger partial charge >= 0.3 is 0 Å². The Morgan fingerprint density at radius 1 is 1.26 bits per heavy atom. The minimum Gasteiger partial charge on any atom is -0.310 e. The lowest BCUT2D eigenvalue weighted by Crippen LogP contribution is -2.24. The Kier molecular flexibility index (Phi) is 5.31. The fourth-order valence-electron chi connectivity index (χ4n) is 2.72. The maximum atomic E-state index is 4.14. The molecule has 1 N–H and O–H groups in total. The van der Waals surface area contributed by atoms with Gasteiger partial charge in [0.15, 0.2) is 5.82 Å². The lowest BCUT2D eigenvalue weighted by molar-refractivity contribution is 0.253. The SMILES string of the molecule is CC(C)CNCc1nnnn1CC1CCC(C)CC1. The first-order valence-electron chi connectivity index (χ1n) is 7.61. The van der Waals surface area contributed by atoms with Gasteiger partial charge in [-0.15, -0.1) is 5.10 Å². The molecule has 0 amide bonds. The number of nitrogens with one attached hydrogen (secondary N) is 1. The summed E-state index contributed by atoms with van der Waals surface area (Å²) >= 11 is 0. The third-order valence-corrected chi connectivity index (χ3v) is 4.01. The molecule has 1 aromatic heterocycles. The first kappa shape index (κ1) is 14.4. The molecule has 2 rings (SSSR count). The van der Waals surface area contributed by atoms with E-state index in [0.717, 1.165) is 37.3 Å². The van der Waals surface area contributed by atoms with E-state index in [9.17, 15) is 0 Å². The van der Waals surface area contributed by atoms with Crippen LogP contribution in [-0.4, -0.2) is 26.8 Å². The molecule has 1 saturated carbocycles. The van der Waals surface area contributed by atoms with Gasteiger partial charge in [-0.25, -0.2) is 4.68 Å². The van der Waals surface area contributed by atoms with Crippen LogP contribution in [0.3, 0.4) is 0 Å². The monoisotopic (exact) mass is 265 g/mol. The summed E-state index contributed by atoms with van der Waals surface area (Å²) in [5, 5.41) is 15.5. The molecule has 0 atom stereocenters. The van der Waals surface area contributed by atoms with Crippen molar-refractivity contribution in [2.45, 2.75) is 59.5 Å². The molecule has 108 valence electrons. The van der Waals surface area contributed by atoms with Gasteiger partial charge in [-0.05, 0) is 47.6 Å². The zero-order chi connectivity index (χ0) is 13.7. The largest absolute Gasteiger partial charge is 0.310 e. The van der Waals surface area contributed by atoms with Crippen molar-refractivity contribution < 1.29 is 0 Å². The molecule has 1 heterocycles. The second kappa shape index (κ2) is 6.98. The van der Waals surface area contributed by atoms with Crippen LogP contribution < -0.4 is 5.32 Å². The number of tetrazole rings is 1. The van der Waals surface area contributed by atoms with E-state index < -0.39 is 0 Å². The molecule has 0 radical (unpaired) electrons. The summed E-state index contributed by atoms with van der Waals surface area (Å²) in [7, 11) is 0. The number of hydrogen-bond acceptors (Lipinski definition) is 4. The minimum absolute atomic E-state index is 0.657. The number of rotatable bonds is 6. The smallest absolute Gasteiger partial charge is 0.165 e. The quantitative estimate of drug-likeness (QED) is 0.857. The second-order valence-corrected chi connectivity index (χ2v) is 6.43. The van der Waals surface area contributed by atoms with Crippen molar-refractivity contribution in [3.63, 3.8) is 0 Å². The minimum atomic E-state index is 0.657. The molecule has 0 spiro atoms. The molecule has 0 bridgehead atoms. The molecule has 0 unspecified atom stereocenters. The summed E-state index contributed by atoms with van der Waals surface area (Å²) in [5.74, 6) is 3.28. The molecule has 0 aliphatic heterocycles. The van der Waals surface area contributed by atoms with E-state index in [1.807, 2.05) is 4.68 Å². The summed E-state index contributed by atoms with van der Waals surface area (Å²) in [6.45, 7) is 9.54. The Bertz CT molecular complexity index is 366. The van der Waals surface area contributed by atoms with Crippen LogP contribution in [0.4, 0.5) is 0 Å². The Morgan fingerprint density at radius 3 is 2.68 bits per heavy atom. The number of hydrogen-bond donors (Lipinski definition) is 1. The highest BCUT2D eigenvalue weighted by molar-refractivity contribution is 4.82. The molecule has 1 aliphatic rings. The Labute approximate surface area is 116 Å². The molecule has 0 saturated heterocycles. The van der Waals surface area contributed by atoms with Crippen LogP contribution in [0.1, 0.15) is 52.3 Å². The van der Waals surface area contributed by atoms with Crippen molar-refractivity contribution in [3.05, 3.63) is 5.82 Å². The third-order valence-electron chi connectivity index (χ3n) is 4.01. The predicted octanol–water partition coefficient (Wildman–Crippen LogP) is 2.24. The van der Waals surface area contributed by atoms with Crippen LogP contribution >= 0.6 is 0 Å². The van der Waals surface area contributed by atoms with Gasteiger partial charge in [0.2, 0.25) is 0 Å². The topological polar surface area (TPSA) is 55.6 Å². The normalized spacial score (nSPS) is 24.0. The molecule has 5 nitrogen and oxygen atoms in total. The van der Waals surface area contributed by atoms with Gasteiger partial charge in [0, 0.05) is 6.54 Å². The van der Waals surface area contributed by atoms with Gasteiger partial charge in [0.1, 0.15) is 0 Å². The average Bonchev–Trinajstić information content (AvgIpc) is 2.79. The molecule has 5 heteroatoms. The molecule has 1 fully saturated rings. The van der Waals surface area contributed by atoms with Crippen LogP contribution in [0.2, 0.25) is 0 Å². The van der Waals surface area contributed by atoms with Crippen molar-refractivity contribution in [1.29, 1.82) is 0 Å². The van der Waals surface area contributed by atoms with Gasteiger partial charge < -0.3 is 5.32 Å². The third kappa shape index (κ3) is 4.56. The maximum absolute atomic E-state index is 4.14. The van der Waals surface area contributed by atoms with Crippen molar-refractivity contribution in [2.24, 2.45) is 17.8 Å². The molecule has 1 aliphatic carbocycles. The van der Waals surface area contributed by atoms with Crippen molar-refractivity contribution in [2.75, 3.05) is 6.54 Å². The Morgan fingerprint density at radius 2 is 2.00 bits per heavy atom. The first-order valence-corrected chi connectivity index (χ1v) is 7.61. The van der Waals surface area contributed by atoms with E-state index in [4.69, 9.17) is 0 Å². The number of nitrogens with zero attached hydrogens (tertiary/aromatic N) is 4. The van der Waals surface area contributed by atoms with E-state index in [1.165, 1.54) is 25.7 Å². The average molecular weight is 265 g/mol. The molecular weight excluding hydrogens is 238 g/mol.